The molecule has 100 valence electrons. The lowest BCUT2D eigenvalue weighted by atomic mass is 10.3. The Morgan fingerprint density at radius 3 is 2.79 bits per heavy atom. The maximum Gasteiger partial charge on any atom is 0.272 e. The van der Waals surface area contributed by atoms with E-state index in [1.165, 1.54) is 12.1 Å². The zero-order valence-electron chi connectivity index (χ0n) is 10.1. The summed E-state index contributed by atoms with van der Waals surface area (Å²) in [5, 5.41) is 22.1. The van der Waals surface area contributed by atoms with Gasteiger partial charge in [-0.2, -0.15) is 0 Å². The highest BCUT2D eigenvalue weighted by Gasteiger charge is 2.16. The first-order valence-electron chi connectivity index (χ1n) is 5.38. The number of nitrogens with zero attached hydrogens (tertiary/aromatic N) is 5. The zero-order valence-corrected chi connectivity index (χ0v) is 11.0. The summed E-state index contributed by atoms with van der Waals surface area (Å²) in [6, 6.07) is 3.51. The van der Waals surface area contributed by atoms with E-state index in [-0.39, 0.29) is 16.6 Å². The molecule has 0 aliphatic heterocycles. The van der Waals surface area contributed by atoms with Crippen molar-refractivity contribution in [1.82, 2.24) is 20.2 Å². The predicted molar refractivity (Wildman–Crippen MR) is 65.4 cm³/mol. The Morgan fingerprint density at radius 2 is 2.21 bits per heavy atom. The maximum absolute atomic E-state index is 13.7. The third-order valence-corrected chi connectivity index (χ3v) is 3.28. The Labute approximate surface area is 112 Å². The molecule has 2 rings (SSSR count). The summed E-state index contributed by atoms with van der Waals surface area (Å²) in [4.78, 5) is 10.1. The Kier molecular flexibility index (Phi) is 3.74. The number of hydrogen-bond acceptors (Lipinski definition) is 6. The molecule has 1 aromatic heterocycles. The molecule has 0 radical (unpaired) electrons. The average Bonchev–Trinajstić information content (AvgIpc) is 2.79. The zero-order chi connectivity index (χ0) is 14.0. The molecule has 1 heterocycles. The molecule has 0 saturated heterocycles. The van der Waals surface area contributed by atoms with Gasteiger partial charge in [0.15, 0.2) is 0 Å². The first kappa shape index (κ1) is 13.4. The van der Waals surface area contributed by atoms with Crippen LogP contribution in [0.25, 0.3) is 0 Å². The van der Waals surface area contributed by atoms with Crippen molar-refractivity contribution < 1.29 is 9.31 Å². The Hall–Kier alpha value is -2.03. The number of halogens is 1. The van der Waals surface area contributed by atoms with Crippen LogP contribution in [-0.4, -0.2) is 25.1 Å². The number of aromatic nitrogens is 4. The summed E-state index contributed by atoms with van der Waals surface area (Å²) >= 11 is 1.03. The van der Waals surface area contributed by atoms with Crippen LogP contribution < -0.4 is 0 Å². The lowest BCUT2D eigenvalue weighted by molar-refractivity contribution is -0.385. The van der Waals surface area contributed by atoms with Crippen LogP contribution in [0.15, 0.2) is 28.3 Å². The second-order valence-electron chi connectivity index (χ2n) is 3.97. The summed E-state index contributed by atoms with van der Waals surface area (Å²) in [7, 11) is 0. The summed E-state index contributed by atoms with van der Waals surface area (Å²) in [5.74, 6) is -0.669. The fourth-order valence-corrected chi connectivity index (χ4v) is 2.27. The van der Waals surface area contributed by atoms with Gasteiger partial charge in [0, 0.05) is 6.07 Å². The van der Waals surface area contributed by atoms with Crippen LogP contribution in [-0.2, 0) is 0 Å². The Balaban J connectivity index is 2.28. The van der Waals surface area contributed by atoms with Gasteiger partial charge in [-0.25, -0.2) is 9.07 Å². The standard InChI is InChI=1S/C10H10FN5O2S/c1-6(2)15-10(12-13-14-15)19-9-4-3-7(16(17)18)5-8(9)11/h3-6H,1-2H3. The molecule has 0 spiro atoms. The van der Waals surface area contributed by atoms with Crippen LogP contribution in [0.1, 0.15) is 19.9 Å². The van der Waals surface area contributed by atoms with E-state index in [0.717, 1.165) is 17.8 Å². The number of hydrogen-bond donors (Lipinski definition) is 0. The van der Waals surface area contributed by atoms with Gasteiger partial charge in [0.2, 0.25) is 5.16 Å². The molecular weight excluding hydrogens is 273 g/mol. The number of nitro groups is 1. The number of rotatable bonds is 4. The van der Waals surface area contributed by atoms with Gasteiger partial charge in [0.25, 0.3) is 5.69 Å². The monoisotopic (exact) mass is 283 g/mol. The molecule has 19 heavy (non-hydrogen) atoms. The average molecular weight is 283 g/mol. The quantitative estimate of drug-likeness (QED) is 0.632. The SMILES string of the molecule is CC(C)n1nnnc1Sc1ccc([N+](=O)[O-])cc1F. The van der Waals surface area contributed by atoms with Gasteiger partial charge in [-0.05, 0) is 42.1 Å². The van der Waals surface area contributed by atoms with Gasteiger partial charge < -0.3 is 0 Å². The minimum absolute atomic E-state index is 0.0404. The first-order chi connectivity index (χ1) is 8.99. The van der Waals surface area contributed by atoms with Crippen molar-refractivity contribution >= 4 is 17.4 Å². The van der Waals surface area contributed by atoms with Crippen LogP contribution in [0.4, 0.5) is 10.1 Å². The van der Waals surface area contributed by atoms with Gasteiger partial charge in [-0.15, -0.1) is 5.10 Å². The van der Waals surface area contributed by atoms with E-state index in [4.69, 9.17) is 0 Å². The summed E-state index contributed by atoms with van der Waals surface area (Å²) in [6.07, 6.45) is 0. The lowest BCUT2D eigenvalue weighted by Crippen LogP contribution is -2.04. The smallest absolute Gasteiger partial charge is 0.258 e. The predicted octanol–water partition coefficient (Wildman–Crippen LogP) is 2.45. The minimum Gasteiger partial charge on any atom is -0.258 e. The first-order valence-corrected chi connectivity index (χ1v) is 6.20. The molecule has 0 bridgehead atoms. The minimum atomic E-state index is -0.669. The van der Waals surface area contributed by atoms with E-state index < -0.39 is 10.7 Å². The van der Waals surface area contributed by atoms with E-state index in [1.54, 1.807) is 4.68 Å². The second kappa shape index (κ2) is 5.31. The molecule has 9 heteroatoms. The molecule has 0 N–H and O–H groups in total. The van der Waals surface area contributed by atoms with E-state index in [1.807, 2.05) is 13.8 Å². The third-order valence-electron chi connectivity index (χ3n) is 2.28. The normalized spacial score (nSPS) is 10.9. The molecular formula is C10H10FN5O2S. The fourth-order valence-electron chi connectivity index (χ4n) is 1.36. The molecule has 0 aliphatic carbocycles. The maximum atomic E-state index is 13.7. The highest BCUT2D eigenvalue weighted by Crippen LogP contribution is 2.30. The van der Waals surface area contributed by atoms with Crippen molar-refractivity contribution in [3.05, 3.63) is 34.1 Å². The van der Waals surface area contributed by atoms with Crippen LogP contribution in [0.3, 0.4) is 0 Å². The molecule has 0 fully saturated rings. The lowest BCUT2D eigenvalue weighted by Gasteiger charge is -2.07. The summed E-state index contributed by atoms with van der Waals surface area (Å²) in [5.41, 5.74) is -0.287. The van der Waals surface area contributed by atoms with Crippen molar-refractivity contribution in [2.24, 2.45) is 0 Å². The van der Waals surface area contributed by atoms with Crippen LogP contribution in [0, 0.1) is 15.9 Å². The van der Waals surface area contributed by atoms with Gasteiger partial charge in [-0.1, -0.05) is 0 Å². The van der Waals surface area contributed by atoms with Crippen LogP contribution in [0.5, 0.6) is 0 Å². The van der Waals surface area contributed by atoms with Crippen LogP contribution in [0.2, 0.25) is 0 Å². The van der Waals surface area contributed by atoms with Gasteiger partial charge in [0.05, 0.1) is 21.9 Å². The van der Waals surface area contributed by atoms with Crippen molar-refractivity contribution in [3.63, 3.8) is 0 Å². The number of tetrazole rings is 1. The van der Waals surface area contributed by atoms with E-state index in [2.05, 4.69) is 15.5 Å². The van der Waals surface area contributed by atoms with Crippen molar-refractivity contribution in [2.45, 2.75) is 29.9 Å². The molecule has 0 amide bonds. The molecule has 7 nitrogen and oxygen atoms in total. The van der Waals surface area contributed by atoms with Crippen molar-refractivity contribution in [1.29, 1.82) is 0 Å². The molecule has 0 unspecified atom stereocenters. The molecule has 1 aromatic carbocycles. The number of benzene rings is 1. The van der Waals surface area contributed by atoms with Gasteiger partial charge in [-0.3, -0.25) is 10.1 Å². The van der Waals surface area contributed by atoms with Gasteiger partial charge >= 0.3 is 0 Å². The van der Waals surface area contributed by atoms with E-state index >= 15 is 0 Å². The molecule has 0 atom stereocenters. The third kappa shape index (κ3) is 2.87. The largest absolute Gasteiger partial charge is 0.272 e. The highest BCUT2D eigenvalue weighted by molar-refractivity contribution is 7.99. The van der Waals surface area contributed by atoms with E-state index in [9.17, 15) is 14.5 Å². The van der Waals surface area contributed by atoms with E-state index in [0.29, 0.717) is 5.16 Å². The van der Waals surface area contributed by atoms with Crippen molar-refractivity contribution in [3.8, 4) is 0 Å². The fraction of sp³-hybridized carbons (Fsp3) is 0.300. The van der Waals surface area contributed by atoms with Crippen LogP contribution >= 0.6 is 11.8 Å². The van der Waals surface area contributed by atoms with Crippen molar-refractivity contribution in [2.75, 3.05) is 0 Å². The second-order valence-corrected chi connectivity index (χ2v) is 4.98. The molecule has 0 saturated carbocycles. The van der Waals surface area contributed by atoms with Gasteiger partial charge in [0.1, 0.15) is 5.82 Å². The molecule has 2 aromatic rings. The Bertz CT molecular complexity index is 616. The number of nitro benzene ring substituents is 1. The summed E-state index contributed by atoms with van der Waals surface area (Å²) < 4.78 is 15.3. The highest BCUT2D eigenvalue weighted by atomic mass is 32.2. The number of non-ortho nitro benzene ring substituents is 1. The topological polar surface area (TPSA) is 86.7 Å². The summed E-state index contributed by atoms with van der Waals surface area (Å²) in [6.45, 7) is 3.79. The Morgan fingerprint density at radius 1 is 1.47 bits per heavy atom. The molecule has 0 aliphatic rings.